The van der Waals surface area contributed by atoms with E-state index < -0.39 is 0 Å². The largest absolute Gasteiger partial charge is 0.496 e. The molecule has 30 heavy (non-hydrogen) atoms. The van der Waals surface area contributed by atoms with Gasteiger partial charge in [-0.05, 0) is 41.8 Å². The quantitative estimate of drug-likeness (QED) is 0.360. The summed E-state index contributed by atoms with van der Waals surface area (Å²) in [5, 5.41) is 7.38. The summed E-state index contributed by atoms with van der Waals surface area (Å²) in [5.74, 6) is 0.891. The topological polar surface area (TPSA) is 39.9 Å². The van der Waals surface area contributed by atoms with E-state index in [-0.39, 0.29) is 0 Å². The molecule has 1 aliphatic rings. The lowest BCUT2D eigenvalue weighted by Gasteiger charge is -2.09. The first-order valence-corrected chi connectivity index (χ1v) is 10.4. The van der Waals surface area contributed by atoms with Gasteiger partial charge in [0.15, 0.2) is 5.65 Å². The maximum atomic E-state index is 5.75. The Morgan fingerprint density at radius 1 is 0.833 bits per heavy atom. The van der Waals surface area contributed by atoms with E-state index in [4.69, 9.17) is 14.8 Å². The number of pyridine rings is 1. The van der Waals surface area contributed by atoms with E-state index in [9.17, 15) is 0 Å². The third-order valence-electron chi connectivity index (χ3n) is 5.98. The van der Waals surface area contributed by atoms with E-state index in [1.807, 2.05) is 28.9 Å². The van der Waals surface area contributed by atoms with Crippen molar-refractivity contribution < 1.29 is 4.74 Å². The van der Waals surface area contributed by atoms with Crippen LogP contribution in [0.2, 0.25) is 0 Å². The lowest BCUT2D eigenvalue weighted by atomic mass is 10.0. The number of nitrogens with zero attached hydrogens (tertiary/aromatic N) is 3. The number of aryl methyl sites for hydroxylation is 1. The zero-order valence-corrected chi connectivity index (χ0v) is 17.0. The Bertz CT molecular complexity index is 1430. The van der Waals surface area contributed by atoms with Crippen LogP contribution in [0.3, 0.4) is 0 Å². The first kappa shape index (κ1) is 17.2. The van der Waals surface area contributed by atoms with Gasteiger partial charge < -0.3 is 4.74 Å². The summed E-state index contributed by atoms with van der Waals surface area (Å²) in [7, 11) is 1.74. The van der Waals surface area contributed by atoms with Gasteiger partial charge in [-0.3, -0.25) is 0 Å². The van der Waals surface area contributed by atoms with Gasteiger partial charge in [0, 0.05) is 16.5 Å². The van der Waals surface area contributed by atoms with E-state index in [2.05, 4.69) is 49.4 Å². The number of methoxy groups -OCH3 is 1. The Kier molecular flexibility index (Phi) is 3.69. The molecule has 0 N–H and O–H groups in total. The van der Waals surface area contributed by atoms with Gasteiger partial charge >= 0.3 is 0 Å². The molecule has 0 amide bonds. The molecule has 0 bridgehead atoms. The van der Waals surface area contributed by atoms with Crippen molar-refractivity contribution in [2.24, 2.45) is 0 Å². The molecule has 0 saturated carbocycles. The number of hydrogen-bond acceptors (Lipinski definition) is 3. The summed E-state index contributed by atoms with van der Waals surface area (Å²) >= 11 is 0. The van der Waals surface area contributed by atoms with Gasteiger partial charge in [0.2, 0.25) is 0 Å². The zero-order chi connectivity index (χ0) is 20.2. The number of aromatic nitrogens is 3. The van der Waals surface area contributed by atoms with E-state index in [1.54, 1.807) is 7.11 Å². The van der Waals surface area contributed by atoms with Gasteiger partial charge in [-0.1, -0.05) is 55.8 Å². The van der Waals surface area contributed by atoms with Crippen LogP contribution in [-0.4, -0.2) is 21.9 Å². The SMILES string of the molecule is CCCc1nn(-c2ccccc2)c2nc3ccc(OC)c4c3c(c12)-c1ccccc1-4. The number of para-hydroxylation sites is 1. The first-order chi connectivity index (χ1) is 14.8. The van der Waals surface area contributed by atoms with Crippen molar-refractivity contribution in [3.63, 3.8) is 0 Å². The minimum atomic E-state index is 0.891. The highest BCUT2D eigenvalue weighted by molar-refractivity contribution is 6.23. The molecule has 0 spiro atoms. The molecule has 0 atom stereocenters. The Morgan fingerprint density at radius 2 is 1.57 bits per heavy atom. The van der Waals surface area contributed by atoms with E-state index >= 15 is 0 Å². The van der Waals surface area contributed by atoms with Crippen molar-refractivity contribution in [1.82, 2.24) is 14.8 Å². The average molecular weight is 391 g/mol. The highest BCUT2D eigenvalue weighted by Crippen LogP contribution is 2.53. The molecular weight excluding hydrogens is 370 g/mol. The molecule has 0 aliphatic heterocycles. The van der Waals surface area contributed by atoms with Crippen LogP contribution in [0.25, 0.3) is 49.9 Å². The van der Waals surface area contributed by atoms with E-state index in [0.29, 0.717) is 0 Å². The maximum Gasteiger partial charge on any atom is 0.164 e. The van der Waals surface area contributed by atoms with Crippen LogP contribution >= 0.6 is 0 Å². The van der Waals surface area contributed by atoms with Gasteiger partial charge in [-0.15, -0.1) is 0 Å². The third-order valence-corrected chi connectivity index (χ3v) is 5.98. The smallest absolute Gasteiger partial charge is 0.164 e. The Labute approximate surface area is 174 Å². The van der Waals surface area contributed by atoms with Crippen molar-refractivity contribution in [3.8, 4) is 33.7 Å². The van der Waals surface area contributed by atoms with Gasteiger partial charge in [0.1, 0.15) is 5.75 Å². The van der Waals surface area contributed by atoms with Crippen LogP contribution in [-0.2, 0) is 6.42 Å². The predicted molar refractivity (Wildman–Crippen MR) is 121 cm³/mol. The predicted octanol–water partition coefficient (Wildman–Crippen LogP) is 6.18. The average Bonchev–Trinajstić information content (AvgIpc) is 3.33. The summed E-state index contributed by atoms with van der Waals surface area (Å²) in [6.07, 6.45) is 1.95. The van der Waals surface area contributed by atoms with E-state index in [1.165, 1.54) is 22.1 Å². The second-order valence-electron chi connectivity index (χ2n) is 7.71. The monoisotopic (exact) mass is 391 g/mol. The number of fused-ring (bicyclic) bond motifs is 5. The highest BCUT2D eigenvalue weighted by Gasteiger charge is 2.30. The summed E-state index contributed by atoms with van der Waals surface area (Å²) in [4.78, 5) is 5.12. The number of ether oxygens (including phenoxy) is 1. The fraction of sp³-hybridized carbons (Fsp3) is 0.154. The lowest BCUT2D eigenvalue weighted by molar-refractivity contribution is 0.417. The molecule has 4 nitrogen and oxygen atoms in total. The van der Waals surface area contributed by atoms with Crippen LogP contribution in [0.5, 0.6) is 5.75 Å². The Morgan fingerprint density at radius 3 is 2.30 bits per heavy atom. The summed E-state index contributed by atoms with van der Waals surface area (Å²) < 4.78 is 7.75. The van der Waals surface area contributed by atoms with Gasteiger partial charge in [-0.2, -0.15) is 5.10 Å². The van der Waals surface area contributed by atoms with Crippen molar-refractivity contribution in [2.45, 2.75) is 19.8 Å². The molecule has 4 heteroatoms. The van der Waals surface area contributed by atoms with Crippen molar-refractivity contribution in [3.05, 3.63) is 72.4 Å². The van der Waals surface area contributed by atoms with Crippen LogP contribution in [0.4, 0.5) is 0 Å². The summed E-state index contributed by atoms with van der Waals surface area (Å²) in [6, 6.07) is 23.0. The second-order valence-corrected chi connectivity index (χ2v) is 7.71. The number of rotatable bonds is 4. The normalized spacial score (nSPS) is 11.9. The Hall–Kier alpha value is -3.66. The summed E-state index contributed by atoms with van der Waals surface area (Å²) in [5.41, 5.74) is 8.85. The Balaban J connectivity index is 1.83. The van der Waals surface area contributed by atoms with Crippen molar-refractivity contribution in [1.29, 1.82) is 0 Å². The van der Waals surface area contributed by atoms with Gasteiger partial charge in [-0.25, -0.2) is 9.67 Å². The minimum absolute atomic E-state index is 0.891. The molecule has 2 aromatic heterocycles. The summed E-state index contributed by atoms with van der Waals surface area (Å²) in [6.45, 7) is 2.20. The van der Waals surface area contributed by atoms with Crippen LogP contribution in [0, 0.1) is 0 Å². The minimum Gasteiger partial charge on any atom is -0.496 e. The molecule has 5 aromatic rings. The number of benzene rings is 3. The molecule has 6 rings (SSSR count). The number of hydrogen-bond donors (Lipinski definition) is 0. The maximum absolute atomic E-state index is 5.75. The van der Waals surface area contributed by atoms with Crippen LogP contribution in [0.1, 0.15) is 19.0 Å². The molecular formula is C26H21N3O. The third kappa shape index (κ3) is 2.22. The van der Waals surface area contributed by atoms with Crippen LogP contribution < -0.4 is 4.74 Å². The molecule has 146 valence electrons. The van der Waals surface area contributed by atoms with Gasteiger partial charge in [0.25, 0.3) is 0 Å². The fourth-order valence-electron chi connectivity index (χ4n) is 4.76. The molecule has 0 radical (unpaired) electrons. The van der Waals surface area contributed by atoms with Crippen LogP contribution in [0.15, 0.2) is 66.7 Å². The molecule has 1 aliphatic carbocycles. The van der Waals surface area contributed by atoms with E-state index in [0.717, 1.165) is 52.1 Å². The molecule has 2 heterocycles. The van der Waals surface area contributed by atoms with Crippen molar-refractivity contribution >= 4 is 21.9 Å². The van der Waals surface area contributed by atoms with Crippen molar-refractivity contribution in [2.75, 3.05) is 7.11 Å². The molecule has 0 unspecified atom stereocenters. The molecule has 0 saturated heterocycles. The first-order valence-electron chi connectivity index (χ1n) is 10.4. The second kappa shape index (κ2) is 6.42. The standard InChI is InChI=1S/C26H21N3O/c1-3-9-20-25-23-18-13-8-7-12-17(18)22-21(30-2)15-14-19(24(22)23)27-26(25)29(28-20)16-10-5-4-6-11-16/h4-8,10-15H,3,9H2,1-2H3. The van der Waals surface area contributed by atoms with Gasteiger partial charge in [0.05, 0.1) is 29.4 Å². The highest BCUT2D eigenvalue weighted by atomic mass is 16.5. The lowest BCUT2D eigenvalue weighted by Crippen LogP contribution is -1.98. The molecule has 0 fully saturated rings. The molecule has 3 aromatic carbocycles. The zero-order valence-electron chi connectivity index (χ0n) is 17.0. The fourth-order valence-corrected chi connectivity index (χ4v) is 4.76.